The monoisotopic (exact) mass is 276 g/mol. The number of imide groups is 1. The number of nitrogens with zero attached hydrogens (tertiary/aromatic N) is 1. The Labute approximate surface area is 116 Å². The summed E-state index contributed by atoms with van der Waals surface area (Å²) in [5, 5.41) is 3.07. The third kappa shape index (κ3) is 2.29. The van der Waals surface area contributed by atoms with Gasteiger partial charge < -0.3 is 14.8 Å². The van der Waals surface area contributed by atoms with Crippen LogP contribution >= 0.6 is 0 Å². The minimum absolute atomic E-state index is 0.165. The molecule has 3 rings (SSSR count). The van der Waals surface area contributed by atoms with Gasteiger partial charge in [-0.2, -0.15) is 0 Å². The highest BCUT2D eigenvalue weighted by atomic mass is 16.5. The maximum absolute atomic E-state index is 11.9. The molecular weight excluding hydrogens is 260 g/mol. The van der Waals surface area contributed by atoms with E-state index in [-0.39, 0.29) is 18.2 Å². The van der Waals surface area contributed by atoms with Crippen LogP contribution in [0.25, 0.3) is 0 Å². The molecule has 6 nitrogen and oxygen atoms in total. The van der Waals surface area contributed by atoms with Crippen molar-refractivity contribution in [3.05, 3.63) is 18.2 Å². The van der Waals surface area contributed by atoms with E-state index >= 15 is 0 Å². The molecule has 0 aromatic heterocycles. The highest BCUT2D eigenvalue weighted by Crippen LogP contribution is 2.32. The van der Waals surface area contributed by atoms with Crippen LogP contribution in [0, 0.1) is 0 Å². The first-order chi connectivity index (χ1) is 9.65. The standard InChI is InChI=1S/C14H16N2O4/c1-16-13(17)8-10(14(16)18)15-9-3-4-11-12(7-9)20-6-2-5-19-11/h3-4,7,10,15H,2,5-6,8H2,1H3. The summed E-state index contributed by atoms with van der Waals surface area (Å²) in [6.07, 6.45) is 1.03. The number of amides is 2. The van der Waals surface area contributed by atoms with Gasteiger partial charge in [0, 0.05) is 25.2 Å². The molecule has 1 aromatic carbocycles. The van der Waals surface area contributed by atoms with Gasteiger partial charge in [-0.15, -0.1) is 0 Å². The van der Waals surface area contributed by atoms with E-state index in [1.165, 1.54) is 7.05 Å². The summed E-state index contributed by atoms with van der Waals surface area (Å²) in [7, 11) is 1.50. The molecule has 0 radical (unpaired) electrons. The normalized spacial score (nSPS) is 21.9. The number of anilines is 1. The number of hydrogen-bond donors (Lipinski definition) is 1. The van der Waals surface area contributed by atoms with E-state index in [0.717, 1.165) is 17.0 Å². The van der Waals surface area contributed by atoms with Crippen molar-refractivity contribution in [3.63, 3.8) is 0 Å². The molecule has 1 N–H and O–H groups in total. The molecule has 0 saturated carbocycles. The van der Waals surface area contributed by atoms with Crippen LogP contribution in [0.3, 0.4) is 0 Å². The van der Waals surface area contributed by atoms with E-state index in [9.17, 15) is 9.59 Å². The molecule has 1 unspecified atom stereocenters. The number of ether oxygens (including phenoxy) is 2. The fourth-order valence-corrected chi connectivity index (χ4v) is 2.32. The number of rotatable bonds is 2. The predicted molar refractivity (Wildman–Crippen MR) is 71.9 cm³/mol. The Hall–Kier alpha value is -2.24. The lowest BCUT2D eigenvalue weighted by Crippen LogP contribution is -2.31. The number of likely N-dealkylation sites (N-methyl/N-ethyl adjacent to an activating group) is 1. The van der Waals surface area contributed by atoms with Crippen molar-refractivity contribution in [2.75, 3.05) is 25.6 Å². The largest absolute Gasteiger partial charge is 0.490 e. The van der Waals surface area contributed by atoms with Crippen molar-refractivity contribution in [2.24, 2.45) is 0 Å². The maximum atomic E-state index is 11.9. The van der Waals surface area contributed by atoms with Crippen molar-refractivity contribution in [1.82, 2.24) is 4.90 Å². The lowest BCUT2D eigenvalue weighted by atomic mass is 10.2. The van der Waals surface area contributed by atoms with Crippen LogP contribution in [0.4, 0.5) is 5.69 Å². The Bertz CT molecular complexity index is 558. The van der Waals surface area contributed by atoms with E-state index in [2.05, 4.69) is 5.32 Å². The maximum Gasteiger partial charge on any atom is 0.251 e. The van der Waals surface area contributed by atoms with E-state index < -0.39 is 6.04 Å². The van der Waals surface area contributed by atoms with Gasteiger partial charge in [-0.25, -0.2) is 0 Å². The molecule has 0 spiro atoms. The first-order valence-corrected chi connectivity index (χ1v) is 6.62. The summed E-state index contributed by atoms with van der Waals surface area (Å²) in [5.74, 6) is 1.00. The van der Waals surface area contributed by atoms with Crippen molar-refractivity contribution >= 4 is 17.5 Å². The summed E-state index contributed by atoms with van der Waals surface area (Å²) in [5.41, 5.74) is 0.746. The van der Waals surface area contributed by atoms with Crippen molar-refractivity contribution in [3.8, 4) is 11.5 Å². The summed E-state index contributed by atoms with van der Waals surface area (Å²) in [4.78, 5) is 24.5. The Morgan fingerprint density at radius 1 is 1.20 bits per heavy atom. The van der Waals surface area contributed by atoms with Gasteiger partial charge >= 0.3 is 0 Å². The molecule has 1 saturated heterocycles. The zero-order valence-corrected chi connectivity index (χ0v) is 11.2. The Morgan fingerprint density at radius 3 is 2.65 bits per heavy atom. The number of likely N-dealkylation sites (tertiary alicyclic amines) is 1. The van der Waals surface area contributed by atoms with Crippen LogP contribution in [0.2, 0.25) is 0 Å². The molecule has 1 atom stereocenters. The van der Waals surface area contributed by atoms with Crippen LogP contribution in [0.5, 0.6) is 11.5 Å². The number of carbonyl (C=O) groups is 2. The first-order valence-electron chi connectivity index (χ1n) is 6.62. The van der Waals surface area contributed by atoms with E-state index in [4.69, 9.17) is 9.47 Å². The van der Waals surface area contributed by atoms with Gasteiger partial charge in [-0.1, -0.05) is 0 Å². The fourth-order valence-electron chi connectivity index (χ4n) is 2.32. The second-order valence-electron chi connectivity index (χ2n) is 4.90. The molecule has 2 amide bonds. The second-order valence-corrected chi connectivity index (χ2v) is 4.90. The molecule has 0 aliphatic carbocycles. The number of carbonyl (C=O) groups excluding carboxylic acids is 2. The van der Waals surface area contributed by atoms with Gasteiger partial charge in [-0.05, 0) is 12.1 Å². The average Bonchev–Trinajstić information content (AvgIpc) is 2.64. The SMILES string of the molecule is CN1C(=O)CC(Nc2ccc3c(c2)OCCCO3)C1=O. The topological polar surface area (TPSA) is 67.9 Å². The third-order valence-corrected chi connectivity index (χ3v) is 3.47. The number of fused-ring (bicyclic) bond motifs is 1. The van der Waals surface area contributed by atoms with Crippen LogP contribution in [-0.4, -0.2) is 43.0 Å². The molecule has 2 aliphatic heterocycles. The van der Waals surface area contributed by atoms with Crippen molar-refractivity contribution < 1.29 is 19.1 Å². The quantitative estimate of drug-likeness (QED) is 0.817. The molecule has 0 bridgehead atoms. The zero-order valence-electron chi connectivity index (χ0n) is 11.2. The lowest BCUT2D eigenvalue weighted by molar-refractivity contribution is -0.136. The fraction of sp³-hybridized carbons (Fsp3) is 0.429. The first kappa shape index (κ1) is 12.8. The van der Waals surface area contributed by atoms with Crippen LogP contribution in [0.15, 0.2) is 18.2 Å². The third-order valence-electron chi connectivity index (χ3n) is 3.47. The van der Waals surface area contributed by atoms with Crippen LogP contribution in [0.1, 0.15) is 12.8 Å². The van der Waals surface area contributed by atoms with Gasteiger partial charge in [0.2, 0.25) is 5.91 Å². The second kappa shape index (κ2) is 5.03. The molecule has 6 heteroatoms. The summed E-state index contributed by atoms with van der Waals surface area (Å²) in [6.45, 7) is 1.25. The van der Waals surface area contributed by atoms with Gasteiger partial charge in [0.25, 0.3) is 5.91 Å². The highest BCUT2D eigenvalue weighted by Gasteiger charge is 2.35. The summed E-state index contributed by atoms with van der Waals surface area (Å²) < 4.78 is 11.1. The van der Waals surface area contributed by atoms with Crippen LogP contribution < -0.4 is 14.8 Å². The number of nitrogens with one attached hydrogen (secondary N) is 1. The van der Waals surface area contributed by atoms with Crippen LogP contribution in [-0.2, 0) is 9.59 Å². The minimum atomic E-state index is -0.503. The summed E-state index contributed by atoms with van der Waals surface area (Å²) >= 11 is 0. The van der Waals surface area contributed by atoms with E-state index in [1.807, 2.05) is 12.1 Å². The van der Waals surface area contributed by atoms with Gasteiger partial charge in [0.05, 0.1) is 19.6 Å². The lowest BCUT2D eigenvalue weighted by Gasteiger charge is -2.14. The van der Waals surface area contributed by atoms with Gasteiger partial charge in [0.1, 0.15) is 6.04 Å². The Balaban J connectivity index is 1.77. The highest BCUT2D eigenvalue weighted by molar-refractivity contribution is 6.06. The zero-order chi connectivity index (χ0) is 14.1. The molecule has 2 aliphatic rings. The minimum Gasteiger partial charge on any atom is -0.490 e. The van der Waals surface area contributed by atoms with Crippen molar-refractivity contribution in [1.29, 1.82) is 0 Å². The number of hydrogen-bond acceptors (Lipinski definition) is 5. The molecule has 20 heavy (non-hydrogen) atoms. The van der Waals surface area contributed by atoms with E-state index in [0.29, 0.717) is 24.7 Å². The molecule has 106 valence electrons. The Morgan fingerprint density at radius 2 is 1.95 bits per heavy atom. The van der Waals surface area contributed by atoms with E-state index in [1.54, 1.807) is 6.07 Å². The van der Waals surface area contributed by atoms with Gasteiger partial charge in [-0.3, -0.25) is 14.5 Å². The molecule has 2 heterocycles. The van der Waals surface area contributed by atoms with Crippen molar-refractivity contribution in [2.45, 2.75) is 18.9 Å². The molecule has 1 aromatic rings. The Kier molecular flexibility index (Phi) is 3.22. The summed E-state index contributed by atoms with van der Waals surface area (Å²) in [6, 6.07) is 4.94. The molecular formula is C14H16N2O4. The number of benzene rings is 1. The average molecular weight is 276 g/mol. The molecule has 1 fully saturated rings. The predicted octanol–water partition coefficient (Wildman–Crippen LogP) is 1.02. The van der Waals surface area contributed by atoms with Gasteiger partial charge in [0.15, 0.2) is 11.5 Å². The smallest absolute Gasteiger partial charge is 0.251 e.